The largest absolute Gasteiger partial charge is 0.383 e. The van der Waals surface area contributed by atoms with Crippen molar-refractivity contribution in [2.45, 2.75) is 6.92 Å². The molecule has 7 heteroatoms. The topological polar surface area (TPSA) is 61.9 Å². The van der Waals surface area contributed by atoms with E-state index in [1.807, 2.05) is 28.9 Å². The SMILES string of the molecule is COCCNCC(=O)N1CCN(C(=O)c2sc3ccccc3c2C)CC1. The number of fused-ring (bicyclic) bond motifs is 1. The average molecular weight is 375 g/mol. The van der Waals surface area contributed by atoms with Gasteiger partial charge in [0.05, 0.1) is 18.0 Å². The van der Waals surface area contributed by atoms with E-state index in [1.165, 1.54) is 0 Å². The lowest BCUT2D eigenvalue weighted by Gasteiger charge is -2.34. The second-order valence-corrected chi connectivity index (χ2v) is 7.45. The van der Waals surface area contributed by atoms with Crippen LogP contribution in [-0.2, 0) is 9.53 Å². The molecule has 1 saturated heterocycles. The van der Waals surface area contributed by atoms with Gasteiger partial charge in [-0.25, -0.2) is 0 Å². The summed E-state index contributed by atoms with van der Waals surface area (Å²) in [6.07, 6.45) is 0. The van der Waals surface area contributed by atoms with E-state index in [0.29, 0.717) is 45.9 Å². The van der Waals surface area contributed by atoms with Crippen LogP contribution in [-0.4, -0.2) is 74.6 Å². The third-order valence-electron chi connectivity index (χ3n) is 4.72. The first-order valence-electron chi connectivity index (χ1n) is 8.86. The molecule has 1 aromatic carbocycles. The number of benzene rings is 1. The Balaban J connectivity index is 1.56. The van der Waals surface area contributed by atoms with Gasteiger partial charge in [-0.3, -0.25) is 9.59 Å². The molecule has 26 heavy (non-hydrogen) atoms. The van der Waals surface area contributed by atoms with Crippen LogP contribution in [0.15, 0.2) is 24.3 Å². The van der Waals surface area contributed by atoms with Crippen LogP contribution in [0.1, 0.15) is 15.2 Å². The number of methoxy groups -OCH3 is 1. The molecule has 1 aliphatic heterocycles. The maximum Gasteiger partial charge on any atom is 0.264 e. The number of rotatable bonds is 6. The number of piperazine rings is 1. The van der Waals surface area contributed by atoms with Crippen molar-refractivity contribution in [1.82, 2.24) is 15.1 Å². The zero-order chi connectivity index (χ0) is 18.5. The van der Waals surface area contributed by atoms with E-state index in [9.17, 15) is 9.59 Å². The number of thiophene rings is 1. The Morgan fingerprint density at radius 3 is 2.54 bits per heavy atom. The van der Waals surface area contributed by atoms with Crippen LogP contribution >= 0.6 is 11.3 Å². The van der Waals surface area contributed by atoms with Crippen molar-refractivity contribution in [3.05, 3.63) is 34.7 Å². The first-order chi connectivity index (χ1) is 12.6. The normalized spacial score (nSPS) is 14.8. The highest BCUT2D eigenvalue weighted by Crippen LogP contribution is 2.31. The average Bonchev–Trinajstić information content (AvgIpc) is 3.01. The van der Waals surface area contributed by atoms with E-state index >= 15 is 0 Å². The van der Waals surface area contributed by atoms with Crippen molar-refractivity contribution < 1.29 is 14.3 Å². The first-order valence-corrected chi connectivity index (χ1v) is 9.68. The van der Waals surface area contributed by atoms with Crippen molar-refractivity contribution >= 4 is 33.2 Å². The van der Waals surface area contributed by atoms with Crippen molar-refractivity contribution in [3.63, 3.8) is 0 Å². The fraction of sp³-hybridized carbons (Fsp3) is 0.474. The number of aryl methyl sites for hydroxylation is 1. The predicted molar refractivity (Wildman–Crippen MR) is 104 cm³/mol. The minimum absolute atomic E-state index is 0.0752. The van der Waals surface area contributed by atoms with Gasteiger partial charge >= 0.3 is 0 Å². The number of hydrogen-bond acceptors (Lipinski definition) is 5. The summed E-state index contributed by atoms with van der Waals surface area (Å²) in [5.41, 5.74) is 1.05. The molecule has 0 atom stereocenters. The minimum Gasteiger partial charge on any atom is -0.383 e. The summed E-state index contributed by atoms with van der Waals surface area (Å²) >= 11 is 1.55. The highest BCUT2D eigenvalue weighted by molar-refractivity contribution is 7.21. The number of carbonyl (C=O) groups is 2. The molecule has 0 radical (unpaired) electrons. The van der Waals surface area contributed by atoms with Crippen LogP contribution in [0.5, 0.6) is 0 Å². The molecular weight excluding hydrogens is 350 g/mol. The highest BCUT2D eigenvalue weighted by Gasteiger charge is 2.26. The number of carbonyl (C=O) groups excluding carboxylic acids is 2. The lowest BCUT2D eigenvalue weighted by molar-refractivity contribution is -0.131. The fourth-order valence-electron chi connectivity index (χ4n) is 3.16. The molecule has 0 unspecified atom stereocenters. The Morgan fingerprint density at radius 2 is 1.85 bits per heavy atom. The van der Waals surface area contributed by atoms with Crippen LogP contribution in [0.4, 0.5) is 0 Å². The van der Waals surface area contributed by atoms with Gasteiger partial charge in [-0.1, -0.05) is 18.2 Å². The molecule has 2 heterocycles. The molecule has 1 aliphatic rings. The lowest BCUT2D eigenvalue weighted by atomic mass is 10.1. The van der Waals surface area contributed by atoms with E-state index in [1.54, 1.807) is 18.4 Å². The third kappa shape index (κ3) is 4.06. The van der Waals surface area contributed by atoms with Crippen LogP contribution in [0.3, 0.4) is 0 Å². The van der Waals surface area contributed by atoms with Crippen LogP contribution in [0.2, 0.25) is 0 Å². The number of nitrogens with zero attached hydrogens (tertiary/aromatic N) is 2. The van der Waals surface area contributed by atoms with Crippen LogP contribution in [0.25, 0.3) is 10.1 Å². The maximum absolute atomic E-state index is 12.9. The van der Waals surface area contributed by atoms with Crippen molar-refractivity contribution in [3.8, 4) is 0 Å². The summed E-state index contributed by atoms with van der Waals surface area (Å²) in [6, 6.07) is 8.11. The lowest BCUT2D eigenvalue weighted by Crippen LogP contribution is -2.52. The molecule has 2 amide bonds. The molecule has 140 valence electrons. The van der Waals surface area contributed by atoms with Crippen molar-refractivity contribution in [2.24, 2.45) is 0 Å². The number of nitrogens with one attached hydrogen (secondary N) is 1. The van der Waals surface area contributed by atoms with Crippen molar-refractivity contribution in [1.29, 1.82) is 0 Å². The smallest absolute Gasteiger partial charge is 0.264 e. The number of ether oxygens (including phenoxy) is 1. The second kappa shape index (κ2) is 8.62. The minimum atomic E-state index is 0.0752. The van der Waals surface area contributed by atoms with E-state index in [4.69, 9.17) is 4.74 Å². The standard InChI is InChI=1S/C19H25N3O3S/c1-14-15-5-3-4-6-16(15)26-18(14)19(24)22-10-8-21(9-11-22)17(23)13-20-7-12-25-2/h3-6,20H,7-13H2,1-2H3. The monoisotopic (exact) mass is 375 g/mol. The van der Waals surface area contributed by atoms with Gasteiger partial charge in [-0.2, -0.15) is 0 Å². The first kappa shape index (κ1) is 18.8. The summed E-state index contributed by atoms with van der Waals surface area (Å²) in [5, 5.41) is 4.22. The Labute approximate surface area is 157 Å². The van der Waals surface area contributed by atoms with Gasteiger partial charge in [-0.15, -0.1) is 11.3 Å². The van der Waals surface area contributed by atoms with E-state index in [-0.39, 0.29) is 11.8 Å². The number of hydrogen-bond donors (Lipinski definition) is 1. The Bertz CT molecular complexity index is 781. The summed E-state index contributed by atoms with van der Waals surface area (Å²) in [7, 11) is 1.64. The summed E-state index contributed by atoms with van der Waals surface area (Å²) in [4.78, 5) is 29.6. The molecule has 0 bridgehead atoms. The van der Waals surface area contributed by atoms with E-state index in [2.05, 4.69) is 17.4 Å². The molecule has 1 aromatic heterocycles. The zero-order valence-electron chi connectivity index (χ0n) is 15.3. The fourth-order valence-corrected chi connectivity index (χ4v) is 4.34. The van der Waals surface area contributed by atoms with E-state index in [0.717, 1.165) is 20.5 Å². The van der Waals surface area contributed by atoms with Gasteiger partial charge in [0.25, 0.3) is 5.91 Å². The molecule has 0 spiro atoms. The Hall–Kier alpha value is -1.96. The molecule has 1 N–H and O–H groups in total. The third-order valence-corrected chi connectivity index (χ3v) is 5.98. The van der Waals surface area contributed by atoms with Gasteiger partial charge in [0.15, 0.2) is 0 Å². The quantitative estimate of drug-likeness (QED) is 0.781. The van der Waals surface area contributed by atoms with Gasteiger partial charge < -0.3 is 19.9 Å². The number of amides is 2. The van der Waals surface area contributed by atoms with Crippen LogP contribution in [0, 0.1) is 6.92 Å². The molecule has 1 fully saturated rings. The van der Waals surface area contributed by atoms with Crippen molar-refractivity contribution in [2.75, 3.05) is 53.0 Å². The van der Waals surface area contributed by atoms with E-state index < -0.39 is 0 Å². The zero-order valence-corrected chi connectivity index (χ0v) is 16.1. The molecule has 2 aromatic rings. The molecular formula is C19H25N3O3S. The maximum atomic E-state index is 12.9. The summed E-state index contributed by atoms with van der Waals surface area (Å²) in [5.74, 6) is 0.153. The summed E-state index contributed by atoms with van der Waals surface area (Å²) < 4.78 is 6.10. The highest BCUT2D eigenvalue weighted by atomic mass is 32.1. The van der Waals surface area contributed by atoms with Gasteiger partial charge in [0.2, 0.25) is 5.91 Å². The molecule has 6 nitrogen and oxygen atoms in total. The molecule has 3 rings (SSSR count). The molecule has 0 aliphatic carbocycles. The Kier molecular flexibility index (Phi) is 6.24. The van der Waals surface area contributed by atoms with Crippen LogP contribution < -0.4 is 5.32 Å². The van der Waals surface area contributed by atoms with Gasteiger partial charge in [0, 0.05) is 44.5 Å². The van der Waals surface area contributed by atoms with Gasteiger partial charge in [-0.05, 0) is 23.9 Å². The molecule has 0 saturated carbocycles. The Morgan fingerprint density at radius 1 is 1.15 bits per heavy atom. The summed E-state index contributed by atoms with van der Waals surface area (Å²) in [6.45, 7) is 5.90. The van der Waals surface area contributed by atoms with Gasteiger partial charge in [0.1, 0.15) is 0 Å². The predicted octanol–water partition coefficient (Wildman–Crippen LogP) is 1.73. The second-order valence-electron chi connectivity index (χ2n) is 6.39.